The molecule has 0 amide bonds. The second kappa shape index (κ2) is 5.64. The zero-order valence-corrected chi connectivity index (χ0v) is 14.2. The van der Waals surface area contributed by atoms with Gasteiger partial charge >= 0.3 is 0 Å². The number of furan rings is 1. The molecule has 0 saturated heterocycles. The van der Waals surface area contributed by atoms with Crippen LogP contribution >= 0.6 is 0 Å². The molecular weight excluding hydrogens is 294 g/mol. The molecule has 4 aromatic rings. The molecule has 0 radical (unpaired) electrons. The van der Waals surface area contributed by atoms with Crippen molar-refractivity contribution < 1.29 is 8.98 Å². The van der Waals surface area contributed by atoms with Gasteiger partial charge < -0.3 is 4.42 Å². The van der Waals surface area contributed by atoms with Crippen molar-refractivity contribution in [2.75, 3.05) is 0 Å². The van der Waals surface area contributed by atoms with Crippen LogP contribution in [0.2, 0.25) is 0 Å². The highest BCUT2D eigenvalue weighted by Crippen LogP contribution is 2.30. The van der Waals surface area contributed by atoms with E-state index in [0.717, 1.165) is 22.3 Å². The SMILES string of the molecule is Cc1ccc(C)c(-c2cc(-c3cc4ccccc4o3)cc[n+]2C)c1. The largest absolute Gasteiger partial charge is 0.456 e. The summed E-state index contributed by atoms with van der Waals surface area (Å²) in [6.45, 7) is 4.29. The first-order chi connectivity index (χ1) is 11.6. The lowest BCUT2D eigenvalue weighted by molar-refractivity contribution is -0.660. The summed E-state index contributed by atoms with van der Waals surface area (Å²) in [5.74, 6) is 0.906. The van der Waals surface area contributed by atoms with E-state index in [4.69, 9.17) is 4.42 Å². The molecule has 2 aromatic carbocycles. The van der Waals surface area contributed by atoms with Crippen molar-refractivity contribution in [1.82, 2.24) is 0 Å². The summed E-state index contributed by atoms with van der Waals surface area (Å²) in [7, 11) is 2.08. The molecule has 0 atom stereocenters. The molecule has 0 bridgehead atoms. The van der Waals surface area contributed by atoms with E-state index in [1.165, 1.54) is 22.4 Å². The second-order valence-corrected chi connectivity index (χ2v) is 6.38. The molecule has 0 fully saturated rings. The van der Waals surface area contributed by atoms with E-state index < -0.39 is 0 Å². The molecule has 0 aliphatic heterocycles. The van der Waals surface area contributed by atoms with Crippen molar-refractivity contribution in [3.05, 3.63) is 78.0 Å². The second-order valence-electron chi connectivity index (χ2n) is 6.38. The molecule has 2 aromatic heterocycles. The van der Waals surface area contributed by atoms with E-state index in [9.17, 15) is 0 Å². The number of rotatable bonds is 2. The average molecular weight is 314 g/mol. The fraction of sp³-hybridized carbons (Fsp3) is 0.136. The Balaban J connectivity index is 1.88. The molecule has 24 heavy (non-hydrogen) atoms. The molecule has 2 heterocycles. The van der Waals surface area contributed by atoms with Crippen LogP contribution in [0, 0.1) is 13.8 Å². The van der Waals surface area contributed by atoms with E-state index in [-0.39, 0.29) is 0 Å². The van der Waals surface area contributed by atoms with Gasteiger partial charge in [-0.3, -0.25) is 0 Å². The number of pyridine rings is 1. The molecule has 4 rings (SSSR count). The van der Waals surface area contributed by atoms with Gasteiger partial charge in [0.15, 0.2) is 6.20 Å². The van der Waals surface area contributed by atoms with E-state index >= 15 is 0 Å². The number of para-hydroxylation sites is 1. The predicted octanol–water partition coefficient (Wildman–Crippen LogP) is 5.21. The van der Waals surface area contributed by atoms with Crippen LogP contribution in [0.1, 0.15) is 11.1 Å². The quantitative estimate of drug-likeness (QED) is 0.464. The van der Waals surface area contributed by atoms with E-state index in [1.54, 1.807) is 0 Å². The highest BCUT2D eigenvalue weighted by Gasteiger charge is 2.16. The predicted molar refractivity (Wildman–Crippen MR) is 97.7 cm³/mol. The maximum atomic E-state index is 6.03. The van der Waals surface area contributed by atoms with Gasteiger partial charge in [-0.15, -0.1) is 0 Å². The maximum absolute atomic E-state index is 6.03. The fourth-order valence-corrected chi connectivity index (χ4v) is 3.13. The van der Waals surface area contributed by atoms with Gasteiger partial charge in [-0.1, -0.05) is 35.9 Å². The summed E-state index contributed by atoms with van der Waals surface area (Å²) in [5, 5.41) is 1.13. The Morgan fingerprint density at radius 3 is 2.54 bits per heavy atom. The monoisotopic (exact) mass is 314 g/mol. The van der Waals surface area contributed by atoms with Crippen LogP contribution in [0.25, 0.3) is 33.6 Å². The number of benzene rings is 2. The standard InChI is InChI=1S/C22H20NO/c1-15-8-9-16(2)19(12-15)20-13-18(10-11-23(20)3)22-14-17-6-4-5-7-21(17)24-22/h4-14H,1-3H3/q+1. The van der Waals surface area contributed by atoms with Gasteiger partial charge in [0, 0.05) is 28.6 Å². The molecule has 0 spiro atoms. The Kier molecular flexibility index (Phi) is 3.46. The van der Waals surface area contributed by atoms with Gasteiger partial charge in [0.05, 0.1) is 0 Å². The molecule has 0 unspecified atom stereocenters. The number of hydrogen-bond donors (Lipinski definition) is 0. The van der Waals surface area contributed by atoms with Crippen LogP contribution in [0.4, 0.5) is 0 Å². The minimum absolute atomic E-state index is 0.906. The third-order valence-electron chi connectivity index (χ3n) is 4.53. The summed E-state index contributed by atoms with van der Waals surface area (Å²) in [4.78, 5) is 0. The Labute approximate surface area is 142 Å². The van der Waals surface area contributed by atoms with Gasteiger partial charge in [0.1, 0.15) is 18.4 Å². The Hall–Kier alpha value is -2.87. The lowest BCUT2D eigenvalue weighted by Crippen LogP contribution is -2.30. The van der Waals surface area contributed by atoms with Crippen LogP contribution in [-0.2, 0) is 7.05 Å². The zero-order valence-electron chi connectivity index (χ0n) is 14.2. The van der Waals surface area contributed by atoms with Crippen LogP contribution in [0.5, 0.6) is 0 Å². The van der Waals surface area contributed by atoms with Gasteiger partial charge in [0.25, 0.3) is 0 Å². The highest BCUT2D eigenvalue weighted by molar-refractivity contribution is 5.83. The molecule has 0 aliphatic carbocycles. The summed E-state index contributed by atoms with van der Waals surface area (Å²) in [6.07, 6.45) is 2.10. The Morgan fingerprint density at radius 2 is 1.71 bits per heavy atom. The van der Waals surface area contributed by atoms with Gasteiger partial charge in [-0.2, -0.15) is 0 Å². The normalized spacial score (nSPS) is 11.1. The Morgan fingerprint density at radius 1 is 0.875 bits per heavy atom. The highest BCUT2D eigenvalue weighted by atomic mass is 16.3. The van der Waals surface area contributed by atoms with Crippen molar-refractivity contribution in [1.29, 1.82) is 0 Å². The molecular formula is C22H20NO+. The van der Waals surface area contributed by atoms with Crippen LogP contribution in [0.3, 0.4) is 0 Å². The van der Waals surface area contributed by atoms with Crippen molar-refractivity contribution in [2.45, 2.75) is 13.8 Å². The van der Waals surface area contributed by atoms with Crippen LogP contribution in [0.15, 0.2) is 71.3 Å². The fourth-order valence-electron chi connectivity index (χ4n) is 3.13. The van der Waals surface area contributed by atoms with Gasteiger partial charge in [-0.25, -0.2) is 4.57 Å². The lowest BCUT2D eigenvalue weighted by atomic mass is 10.0. The lowest BCUT2D eigenvalue weighted by Gasteiger charge is -2.07. The van der Waals surface area contributed by atoms with E-state index in [1.807, 2.05) is 18.2 Å². The van der Waals surface area contributed by atoms with E-state index in [0.29, 0.717) is 0 Å². The van der Waals surface area contributed by atoms with Crippen LogP contribution < -0.4 is 4.57 Å². The minimum atomic E-state index is 0.906. The minimum Gasteiger partial charge on any atom is -0.456 e. The third-order valence-corrected chi connectivity index (χ3v) is 4.53. The number of fused-ring (bicyclic) bond motifs is 1. The van der Waals surface area contributed by atoms with Crippen molar-refractivity contribution >= 4 is 11.0 Å². The molecule has 0 saturated carbocycles. The van der Waals surface area contributed by atoms with Crippen molar-refractivity contribution in [3.63, 3.8) is 0 Å². The first-order valence-corrected chi connectivity index (χ1v) is 8.18. The molecule has 0 aliphatic rings. The first kappa shape index (κ1) is 14.7. The van der Waals surface area contributed by atoms with Crippen LogP contribution in [-0.4, -0.2) is 0 Å². The number of aryl methyl sites for hydroxylation is 3. The maximum Gasteiger partial charge on any atom is 0.213 e. The molecule has 0 N–H and O–H groups in total. The molecule has 2 nitrogen and oxygen atoms in total. The molecule has 118 valence electrons. The molecule has 2 heteroatoms. The zero-order chi connectivity index (χ0) is 16.7. The van der Waals surface area contributed by atoms with Gasteiger partial charge in [-0.05, 0) is 37.6 Å². The number of nitrogens with zero attached hydrogens (tertiary/aromatic N) is 1. The number of hydrogen-bond acceptors (Lipinski definition) is 1. The first-order valence-electron chi connectivity index (χ1n) is 8.18. The number of aromatic nitrogens is 1. The van der Waals surface area contributed by atoms with Gasteiger partial charge in [0.2, 0.25) is 5.69 Å². The van der Waals surface area contributed by atoms with Crippen molar-refractivity contribution in [2.24, 2.45) is 7.05 Å². The third kappa shape index (κ3) is 2.50. The van der Waals surface area contributed by atoms with E-state index in [2.05, 4.69) is 74.1 Å². The topological polar surface area (TPSA) is 17.0 Å². The summed E-state index contributed by atoms with van der Waals surface area (Å²) in [6, 6.07) is 21.1. The summed E-state index contributed by atoms with van der Waals surface area (Å²) in [5.41, 5.74) is 7.02. The summed E-state index contributed by atoms with van der Waals surface area (Å²) >= 11 is 0. The Bertz CT molecular complexity index is 1010. The smallest absolute Gasteiger partial charge is 0.213 e. The average Bonchev–Trinajstić information content (AvgIpc) is 3.02. The summed E-state index contributed by atoms with van der Waals surface area (Å²) < 4.78 is 8.19. The van der Waals surface area contributed by atoms with Crippen molar-refractivity contribution in [3.8, 4) is 22.6 Å².